The molecule has 3 rings (SSSR count). The fourth-order valence-corrected chi connectivity index (χ4v) is 3.17. The van der Waals surface area contributed by atoms with Crippen LogP contribution in [0.15, 0.2) is 53.3 Å². The zero-order chi connectivity index (χ0) is 13.8. The summed E-state index contributed by atoms with van der Waals surface area (Å²) in [5, 5.41) is 0. The maximum atomic E-state index is 4.07. The van der Waals surface area contributed by atoms with E-state index in [1.807, 2.05) is 12.4 Å². The first kappa shape index (κ1) is 13.8. The minimum Gasteiger partial charge on any atom is -0.299 e. The van der Waals surface area contributed by atoms with Crippen LogP contribution < -0.4 is 0 Å². The lowest BCUT2D eigenvalue weighted by Crippen LogP contribution is -2.32. The van der Waals surface area contributed by atoms with Gasteiger partial charge < -0.3 is 0 Å². The Bertz CT molecular complexity index is 531. The molecule has 0 radical (unpaired) electrons. The maximum Gasteiger partial charge on any atom is 0.0271 e. The van der Waals surface area contributed by atoms with Crippen LogP contribution in [0.1, 0.15) is 29.9 Å². The monoisotopic (exact) mass is 330 g/mol. The van der Waals surface area contributed by atoms with Gasteiger partial charge in [-0.1, -0.05) is 28.1 Å². The summed E-state index contributed by atoms with van der Waals surface area (Å²) in [7, 11) is 0. The van der Waals surface area contributed by atoms with Gasteiger partial charge in [-0.15, -0.1) is 0 Å². The largest absolute Gasteiger partial charge is 0.299 e. The summed E-state index contributed by atoms with van der Waals surface area (Å²) in [5.41, 5.74) is 2.85. The second-order valence-corrected chi connectivity index (χ2v) is 6.37. The minimum absolute atomic E-state index is 0.719. The lowest BCUT2D eigenvalue weighted by atomic mass is 9.89. The molecule has 3 heteroatoms. The number of benzene rings is 1. The number of piperidine rings is 1. The van der Waals surface area contributed by atoms with E-state index in [4.69, 9.17) is 0 Å². The molecule has 0 spiro atoms. The predicted octanol–water partition coefficient (Wildman–Crippen LogP) is 4.22. The van der Waals surface area contributed by atoms with Gasteiger partial charge in [-0.25, -0.2) is 0 Å². The molecule has 0 amide bonds. The van der Waals surface area contributed by atoms with Crippen molar-refractivity contribution in [1.82, 2.24) is 9.88 Å². The lowest BCUT2D eigenvalue weighted by Gasteiger charge is -2.32. The highest BCUT2D eigenvalue weighted by atomic mass is 79.9. The number of aromatic nitrogens is 1. The Morgan fingerprint density at radius 3 is 2.30 bits per heavy atom. The van der Waals surface area contributed by atoms with Crippen LogP contribution in [0.3, 0.4) is 0 Å². The van der Waals surface area contributed by atoms with Crippen molar-refractivity contribution in [2.24, 2.45) is 0 Å². The van der Waals surface area contributed by atoms with Gasteiger partial charge in [0.1, 0.15) is 0 Å². The Morgan fingerprint density at radius 2 is 1.65 bits per heavy atom. The number of nitrogens with zero attached hydrogens (tertiary/aromatic N) is 2. The number of halogens is 1. The van der Waals surface area contributed by atoms with E-state index in [0.717, 1.165) is 16.9 Å². The minimum atomic E-state index is 0.719. The molecule has 0 atom stereocenters. The van der Waals surface area contributed by atoms with E-state index >= 15 is 0 Å². The van der Waals surface area contributed by atoms with Crippen molar-refractivity contribution in [3.05, 3.63) is 64.4 Å². The highest BCUT2D eigenvalue weighted by molar-refractivity contribution is 9.10. The van der Waals surface area contributed by atoms with Gasteiger partial charge in [-0.3, -0.25) is 9.88 Å². The third-order valence-corrected chi connectivity index (χ3v) is 4.61. The van der Waals surface area contributed by atoms with Gasteiger partial charge in [0, 0.05) is 23.4 Å². The zero-order valence-electron chi connectivity index (χ0n) is 11.5. The van der Waals surface area contributed by atoms with Crippen LogP contribution in [-0.2, 0) is 6.54 Å². The molecule has 2 heterocycles. The van der Waals surface area contributed by atoms with Crippen LogP contribution in [0.25, 0.3) is 0 Å². The van der Waals surface area contributed by atoms with Crippen molar-refractivity contribution in [2.75, 3.05) is 13.1 Å². The fourth-order valence-electron chi connectivity index (χ4n) is 2.91. The molecule has 0 saturated carbocycles. The van der Waals surface area contributed by atoms with E-state index in [1.165, 1.54) is 37.1 Å². The van der Waals surface area contributed by atoms with Crippen LogP contribution in [0.4, 0.5) is 0 Å². The number of likely N-dealkylation sites (tertiary alicyclic amines) is 1. The molecule has 1 fully saturated rings. The predicted molar refractivity (Wildman–Crippen MR) is 85.6 cm³/mol. The average Bonchev–Trinajstić information content (AvgIpc) is 2.50. The van der Waals surface area contributed by atoms with Crippen LogP contribution in [0.5, 0.6) is 0 Å². The topological polar surface area (TPSA) is 16.1 Å². The summed E-state index contributed by atoms with van der Waals surface area (Å²) in [4.78, 5) is 6.62. The summed E-state index contributed by atoms with van der Waals surface area (Å²) >= 11 is 3.50. The second kappa shape index (κ2) is 6.51. The van der Waals surface area contributed by atoms with E-state index in [0.29, 0.717) is 0 Å². The summed E-state index contributed by atoms with van der Waals surface area (Å²) in [6.45, 7) is 3.42. The third kappa shape index (κ3) is 3.47. The molecule has 1 saturated heterocycles. The Hall–Kier alpha value is -1.19. The summed E-state index contributed by atoms with van der Waals surface area (Å²) in [6.07, 6.45) is 6.27. The van der Waals surface area contributed by atoms with Crippen molar-refractivity contribution in [2.45, 2.75) is 25.3 Å². The molecule has 1 aromatic heterocycles. The van der Waals surface area contributed by atoms with Gasteiger partial charge in [0.2, 0.25) is 0 Å². The second-order valence-electron chi connectivity index (χ2n) is 5.46. The van der Waals surface area contributed by atoms with Crippen molar-refractivity contribution in [1.29, 1.82) is 0 Å². The summed E-state index contributed by atoms with van der Waals surface area (Å²) in [6, 6.07) is 13.0. The number of pyridine rings is 1. The molecular formula is C17H19BrN2. The quantitative estimate of drug-likeness (QED) is 0.837. The normalized spacial score (nSPS) is 17.2. The van der Waals surface area contributed by atoms with Crippen molar-refractivity contribution >= 4 is 15.9 Å². The first-order valence-corrected chi connectivity index (χ1v) is 7.97. The molecule has 0 unspecified atom stereocenters. The molecule has 1 aliphatic heterocycles. The van der Waals surface area contributed by atoms with E-state index in [1.54, 1.807) is 0 Å². The Labute approximate surface area is 129 Å². The standard InChI is InChI=1S/C17H19BrN2/c18-17-3-1-15(2-4-17)16-7-11-20(12-8-16)13-14-5-9-19-10-6-14/h1-6,9-10,16H,7-8,11-13H2. The molecule has 0 aliphatic carbocycles. The zero-order valence-corrected chi connectivity index (χ0v) is 13.1. The molecular weight excluding hydrogens is 312 g/mol. The average molecular weight is 331 g/mol. The molecule has 0 N–H and O–H groups in total. The van der Waals surface area contributed by atoms with E-state index in [-0.39, 0.29) is 0 Å². The molecule has 20 heavy (non-hydrogen) atoms. The van der Waals surface area contributed by atoms with Crippen LogP contribution in [0.2, 0.25) is 0 Å². The molecule has 0 bridgehead atoms. The van der Waals surface area contributed by atoms with Crippen LogP contribution in [0, 0.1) is 0 Å². The third-order valence-electron chi connectivity index (χ3n) is 4.08. The molecule has 1 aromatic carbocycles. The van der Waals surface area contributed by atoms with E-state index in [2.05, 4.69) is 62.2 Å². The van der Waals surface area contributed by atoms with Gasteiger partial charge in [0.15, 0.2) is 0 Å². The lowest BCUT2D eigenvalue weighted by molar-refractivity contribution is 0.204. The SMILES string of the molecule is Brc1ccc(C2CCN(Cc3ccncc3)CC2)cc1. The molecule has 2 aromatic rings. The van der Waals surface area contributed by atoms with Gasteiger partial charge in [-0.05, 0) is 67.2 Å². The first-order valence-electron chi connectivity index (χ1n) is 7.18. The molecule has 2 nitrogen and oxygen atoms in total. The van der Waals surface area contributed by atoms with E-state index in [9.17, 15) is 0 Å². The van der Waals surface area contributed by atoms with Crippen LogP contribution >= 0.6 is 15.9 Å². The summed E-state index contributed by atoms with van der Waals surface area (Å²) < 4.78 is 1.16. The maximum absolute atomic E-state index is 4.07. The van der Waals surface area contributed by atoms with Crippen molar-refractivity contribution in [3.8, 4) is 0 Å². The van der Waals surface area contributed by atoms with Gasteiger partial charge in [-0.2, -0.15) is 0 Å². The molecule has 104 valence electrons. The Morgan fingerprint density at radius 1 is 1.00 bits per heavy atom. The number of rotatable bonds is 3. The molecule has 1 aliphatic rings. The van der Waals surface area contributed by atoms with Crippen LogP contribution in [-0.4, -0.2) is 23.0 Å². The first-order chi connectivity index (χ1) is 9.81. The van der Waals surface area contributed by atoms with Gasteiger partial charge >= 0.3 is 0 Å². The Kier molecular flexibility index (Phi) is 4.48. The highest BCUT2D eigenvalue weighted by Crippen LogP contribution is 2.29. The van der Waals surface area contributed by atoms with Gasteiger partial charge in [0.25, 0.3) is 0 Å². The highest BCUT2D eigenvalue weighted by Gasteiger charge is 2.20. The van der Waals surface area contributed by atoms with Crippen molar-refractivity contribution < 1.29 is 0 Å². The van der Waals surface area contributed by atoms with Crippen molar-refractivity contribution in [3.63, 3.8) is 0 Å². The van der Waals surface area contributed by atoms with Gasteiger partial charge in [0.05, 0.1) is 0 Å². The van der Waals surface area contributed by atoms with E-state index < -0.39 is 0 Å². The fraction of sp³-hybridized carbons (Fsp3) is 0.353. The number of hydrogen-bond acceptors (Lipinski definition) is 2. The Balaban J connectivity index is 1.55. The number of hydrogen-bond donors (Lipinski definition) is 0. The summed E-state index contributed by atoms with van der Waals surface area (Å²) in [5.74, 6) is 0.719. The smallest absolute Gasteiger partial charge is 0.0271 e.